The van der Waals surface area contributed by atoms with Gasteiger partial charge in [0.1, 0.15) is 0 Å². The van der Waals surface area contributed by atoms with Crippen LogP contribution in [-0.4, -0.2) is 11.7 Å². The lowest BCUT2D eigenvalue weighted by Gasteiger charge is -2.08. The molecule has 0 radical (unpaired) electrons. The van der Waals surface area contributed by atoms with Crippen molar-refractivity contribution in [3.05, 3.63) is 54.1 Å². The minimum Gasteiger partial charge on any atom is -0.397 e. The van der Waals surface area contributed by atoms with Gasteiger partial charge in [-0.1, -0.05) is 38.1 Å². The Bertz CT molecular complexity index is 608. The summed E-state index contributed by atoms with van der Waals surface area (Å²) in [6.07, 6.45) is 0. The number of nitrogen functional groups attached to an aromatic ring is 1. The average molecular weight is 300 g/mol. The van der Waals surface area contributed by atoms with Crippen molar-refractivity contribution in [2.45, 2.75) is 24.7 Å². The predicted octanol–water partition coefficient (Wildman–Crippen LogP) is 4.12. The zero-order chi connectivity index (χ0) is 15.2. The van der Waals surface area contributed by atoms with Crippen LogP contribution in [0.25, 0.3) is 0 Å². The van der Waals surface area contributed by atoms with Gasteiger partial charge in [-0.15, -0.1) is 11.8 Å². The standard InChI is InChI=1S/C17H20N2OS/c1-12(2)13-7-9-14(10-8-13)21-11-17(20)19-16-6-4-3-5-15(16)18/h3-10,12H,11,18H2,1-2H3,(H,19,20). The highest BCUT2D eigenvalue weighted by Gasteiger charge is 2.06. The fourth-order valence-electron chi connectivity index (χ4n) is 1.89. The lowest BCUT2D eigenvalue weighted by molar-refractivity contribution is -0.113. The van der Waals surface area contributed by atoms with E-state index in [1.165, 1.54) is 17.3 Å². The molecular formula is C17H20N2OS. The van der Waals surface area contributed by atoms with Crippen LogP contribution in [0.2, 0.25) is 0 Å². The third-order valence-electron chi connectivity index (χ3n) is 3.15. The Balaban J connectivity index is 1.88. The van der Waals surface area contributed by atoms with Gasteiger partial charge in [0.05, 0.1) is 17.1 Å². The molecule has 0 aromatic heterocycles. The van der Waals surface area contributed by atoms with E-state index in [4.69, 9.17) is 5.73 Å². The number of thioether (sulfide) groups is 1. The highest BCUT2D eigenvalue weighted by molar-refractivity contribution is 8.00. The number of amides is 1. The molecule has 21 heavy (non-hydrogen) atoms. The number of carbonyl (C=O) groups is 1. The second-order valence-electron chi connectivity index (χ2n) is 5.15. The monoisotopic (exact) mass is 300 g/mol. The second kappa shape index (κ2) is 7.18. The first-order chi connectivity index (χ1) is 10.1. The van der Waals surface area contributed by atoms with Crippen LogP contribution in [0, 0.1) is 0 Å². The first-order valence-corrected chi connectivity index (χ1v) is 7.92. The van der Waals surface area contributed by atoms with Crippen LogP contribution in [0.4, 0.5) is 11.4 Å². The summed E-state index contributed by atoms with van der Waals surface area (Å²) < 4.78 is 0. The molecule has 0 heterocycles. The van der Waals surface area contributed by atoms with Crippen molar-refractivity contribution in [2.24, 2.45) is 0 Å². The number of para-hydroxylation sites is 2. The summed E-state index contributed by atoms with van der Waals surface area (Å²) in [6.45, 7) is 4.33. The number of nitrogens with two attached hydrogens (primary N) is 1. The van der Waals surface area contributed by atoms with Crippen molar-refractivity contribution in [3.8, 4) is 0 Å². The van der Waals surface area contributed by atoms with E-state index in [1.54, 1.807) is 12.1 Å². The quantitative estimate of drug-likeness (QED) is 0.645. The molecule has 0 aliphatic carbocycles. The summed E-state index contributed by atoms with van der Waals surface area (Å²) in [4.78, 5) is 13.0. The Morgan fingerprint density at radius 1 is 1.14 bits per heavy atom. The Labute approximate surface area is 129 Å². The van der Waals surface area contributed by atoms with Crippen molar-refractivity contribution < 1.29 is 4.79 Å². The van der Waals surface area contributed by atoms with Crippen LogP contribution in [0.15, 0.2) is 53.4 Å². The fraction of sp³-hybridized carbons (Fsp3) is 0.235. The molecule has 110 valence electrons. The highest BCUT2D eigenvalue weighted by Crippen LogP contribution is 2.22. The van der Waals surface area contributed by atoms with Gasteiger partial charge in [0, 0.05) is 4.90 Å². The molecule has 0 saturated carbocycles. The zero-order valence-corrected chi connectivity index (χ0v) is 13.1. The van der Waals surface area contributed by atoms with E-state index in [0.717, 1.165) is 4.90 Å². The number of hydrogen-bond acceptors (Lipinski definition) is 3. The number of rotatable bonds is 5. The molecule has 1 amide bonds. The van der Waals surface area contributed by atoms with E-state index in [2.05, 4.69) is 43.4 Å². The first-order valence-electron chi connectivity index (χ1n) is 6.93. The highest BCUT2D eigenvalue weighted by atomic mass is 32.2. The summed E-state index contributed by atoms with van der Waals surface area (Å²) >= 11 is 1.52. The number of benzene rings is 2. The van der Waals surface area contributed by atoms with Crippen LogP contribution in [-0.2, 0) is 4.79 Å². The summed E-state index contributed by atoms with van der Waals surface area (Å²) in [6, 6.07) is 15.6. The van der Waals surface area contributed by atoms with E-state index in [1.807, 2.05) is 12.1 Å². The average Bonchev–Trinajstić information content (AvgIpc) is 2.48. The van der Waals surface area contributed by atoms with Crippen LogP contribution < -0.4 is 11.1 Å². The van der Waals surface area contributed by atoms with Gasteiger partial charge in [-0.2, -0.15) is 0 Å². The molecule has 2 rings (SSSR count). The molecule has 0 spiro atoms. The maximum Gasteiger partial charge on any atom is 0.234 e. The van der Waals surface area contributed by atoms with E-state index in [0.29, 0.717) is 23.0 Å². The van der Waals surface area contributed by atoms with Gasteiger partial charge >= 0.3 is 0 Å². The Morgan fingerprint density at radius 2 is 1.81 bits per heavy atom. The molecule has 3 nitrogen and oxygen atoms in total. The Kier molecular flexibility index (Phi) is 5.28. The second-order valence-corrected chi connectivity index (χ2v) is 6.20. The van der Waals surface area contributed by atoms with Gasteiger partial charge < -0.3 is 11.1 Å². The van der Waals surface area contributed by atoms with Gasteiger partial charge in [0.15, 0.2) is 0 Å². The van der Waals surface area contributed by atoms with Crippen LogP contribution >= 0.6 is 11.8 Å². The molecular weight excluding hydrogens is 280 g/mol. The van der Waals surface area contributed by atoms with Gasteiger partial charge in [0.2, 0.25) is 5.91 Å². The van der Waals surface area contributed by atoms with Crippen molar-refractivity contribution >= 4 is 29.0 Å². The third kappa shape index (κ3) is 4.53. The predicted molar refractivity (Wildman–Crippen MR) is 90.7 cm³/mol. The number of nitrogens with one attached hydrogen (secondary N) is 1. The Hall–Kier alpha value is -1.94. The molecule has 0 unspecified atom stereocenters. The SMILES string of the molecule is CC(C)c1ccc(SCC(=O)Nc2ccccc2N)cc1. The molecule has 0 aliphatic heterocycles. The van der Waals surface area contributed by atoms with Gasteiger partial charge in [0.25, 0.3) is 0 Å². The molecule has 0 atom stereocenters. The zero-order valence-electron chi connectivity index (χ0n) is 12.3. The maximum absolute atomic E-state index is 11.9. The number of carbonyl (C=O) groups excluding carboxylic acids is 1. The minimum atomic E-state index is -0.0502. The minimum absolute atomic E-state index is 0.0502. The van der Waals surface area contributed by atoms with E-state index < -0.39 is 0 Å². The molecule has 4 heteroatoms. The van der Waals surface area contributed by atoms with Crippen molar-refractivity contribution in [3.63, 3.8) is 0 Å². The number of hydrogen-bond donors (Lipinski definition) is 2. The topological polar surface area (TPSA) is 55.1 Å². The van der Waals surface area contributed by atoms with E-state index in [9.17, 15) is 4.79 Å². The van der Waals surface area contributed by atoms with Gasteiger partial charge in [-0.25, -0.2) is 0 Å². The molecule has 0 aliphatic rings. The number of anilines is 2. The van der Waals surface area contributed by atoms with Crippen molar-refractivity contribution in [2.75, 3.05) is 16.8 Å². The van der Waals surface area contributed by atoms with Crippen molar-refractivity contribution in [1.29, 1.82) is 0 Å². The normalized spacial score (nSPS) is 10.6. The van der Waals surface area contributed by atoms with E-state index in [-0.39, 0.29) is 5.91 Å². The fourth-order valence-corrected chi connectivity index (χ4v) is 2.59. The molecule has 2 aromatic carbocycles. The molecule has 0 bridgehead atoms. The lowest BCUT2D eigenvalue weighted by atomic mass is 10.0. The first kappa shape index (κ1) is 15.4. The largest absolute Gasteiger partial charge is 0.397 e. The summed E-state index contributed by atoms with van der Waals surface area (Å²) in [5.41, 5.74) is 8.35. The third-order valence-corrected chi connectivity index (χ3v) is 4.16. The van der Waals surface area contributed by atoms with Crippen molar-refractivity contribution in [1.82, 2.24) is 0 Å². The van der Waals surface area contributed by atoms with Gasteiger partial charge in [-0.05, 0) is 35.7 Å². The molecule has 0 fully saturated rings. The Morgan fingerprint density at radius 3 is 2.43 bits per heavy atom. The van der Waals surface area contributed by atoms with Crippen LogP contribution in [0.5, 0.6) is 0 Å². The van der Waals surface area contributed by atoms with Gasteiger partial charge in [-0.3, -0.25) is 4.79 Å². The van der Waals surface area contributed by atoms with E-state index >= 15 is 0 Å². The summed E-state index contributed by atoms with van der Waals surface area (Å²) in [5, 5.41) is 2.83. The smallest absolute Gasteiger partial charge is 0.234 e. The summed E-state index contributed by atoms with van der Waals surface area (Å²) in [5.74, 6) is 0.842. The lowest BCUT2D eigenvalue weighted by Crippen LogP contribution is -2.15. The van der Waals surface area contributed by atoms with Crippen LogP contribution in [0.3, 0.4) is 0 Å². The van der Waals surface area contributed by atoms with Crippen LogP contribution in [0.1, 0.15) is 25.3 Å². The summed E-state index contributed by atoms with van der Waals surface area (Å²) in [7, 11) is 0. The maximum atomic E-state index is 11.9. The molecule has 0 saturated heterocycles. The molecule has 3 N–H and O–H groups in total. The molecule has 2 aromatic rings.